The number of benzene rings is 1. The molecule has 0 bridgehead atoms. The molecule has 2 atom stereocenters. The average Bonchev–Trinajstić information content (AvgIpc) is 3.35. The predicted molar refractivity (Wildman–Crippen MR) is 94.8 cm³/mol. The zero-order valence-corrected chi connectivity index (χ0v) is 14.4. The van der Waals surface area contributed by atoms with E-state index in [4.69, 9.17) is 5.73 Å². The highest BCUT2D eigenvalue weighted by Gasteiger charge is 2.39. The topological polar surface area (TPSA) is 78.8 Å². The summed E-state index contributed by atoms with van der Waals surface area (Å²) >= 11 is 0. The minimum atomic E-state index is -1.52. The number of rotatable bonds is 5. The van der Waals surface area contributed by atoms with E-state index < -0.39 is 11.5 Å². The van der Waals surface area contributed by atoms with Crippen molar-refractivity contribution >= 4 is 0 Å². The molecule has 1 aromatic heterocycles. The van der Waals surface area contributed by atoms with Gasteiger partial charge in [-0.2, -0.15) is 5.10 Å². The van der Waals surface area contributed by atoms with Crippen LogP contribution in [-0.2, 0) is 5.66 Å². The van der Waals surface area contributed by atoms with Crippen LogP contribution in [0, 0.1) is 5.82 Å². The number of H-pyrrole nitrogens is 1. The number of nitrogens with two attached hydrogens (primary N) is 1. The van der Waals surface area contributed by atoms with Crippen molar-refractivity contribution in [1.29, 1.82) is 0 Å². The van der Waals surface area contributed by atoms with E-state index in [1.807, 2.05) is 13.0 Å². The van der Waals surface area contributed by atoms with E-state index in [1.54, 1.807) is 18.2 Å². The van der Waals surface area contributed by atoms with E-state index in [0.717, 1.165) is 24.1 Å². The molecule has 2 aliphatic rings. The van der Waals surface area contributed by atoms with Crippen LogP contribution in [0.1, 0.15) is 48.7 Å². The molecule has 26 heavy (non-hydrogen) atoms. The van der Waals surface area contributed by atoms with Gasteiger partial charge in [0.15, 0.2) is 5.66 Å². The smallest absolute Gasteiger partial charge is 0.186 e. The van der Waals surface area contributed by atoms with E-state index in [1.165, 1.54) is 18.2 Å². The van der Waals surface area contributed by atoms with Gasteiger partial charge < -0.3 is 10.6 Å². The van der Waals surface area contributed by atoms with Crippen LogP contribution in [-0.4, -0.2) is 10.2 Å². The fourth-order valence-electron chi connectivity index (χ4n) is 3.08. The van der Waals surface area contributed by atoms with Crippen molar-refractivity contribution in [2.24, 2.45) is 5.73 Å². The fourth-order valence-corrected chi connectivity index (χ4v) is 3.08. The highest BCUT2D eigenvalue weighted by molar-refractivity contribution is 5.36. The SMILES string of the molecule is CC(NC1=CC=C(F)C(N)(c2cc(C3CC3)[nH]n2)N1)c1ccc(F)cc1. The Morgan fingerprint density at radius 1 is 1.23 bits per heavy atom. The molecule has 2 unspecified atom stereocenters. The summed E-state index contributed by atoms with van der Waals surface area (Å²) in [5.74, 6) is 0.252. The lowest BCUT2D eigenvalue weighted by Gasteiger charge is -2.33. The van der Waals surface area contributed by atoms with Gasteiger partial charge >= 0.3 is 0 Å². The van der Waals surface area contributed by atoms with E-state index in [9.17, 15) is 8.78 Å². The van der Waals surface area contributed by atoms with Gasteiger partial charge in [0.2, 0.25) is 0 Å². The molecular formula is C19H21F2N5. The molecule has 1 aromatic carbocycles. The van der Waals surface area contributed by atoms with Gasteiger partial charge in [0, 0.05) is 17.7 Å². The maximum Gasteiger partial charge on any atom is 0.186 e. The van der Waals surface area contributed by atoms with Gasteiger partial charge in [-0.25, -0.2) is 8.78 Å². The fraction of sp³-hybridized carbons (Fsp3) is 0.316. The number of halogens is 2. The van der Waals surface area contributed by atoms with E-state index in [0.29, 0.717) is 17.4 Å². The molecule has 136 valence electrons. The van der Waals surface area contributed by atoms with Gasteiger partial charge in [0.05, 0.1) is 0 Å². The highest BCUT2D eigenvalue weighted by atomic mass is 19.1. The van der Waals surface area contributed by atoms with Crippen LogP contribution in [0.4, 0.5) is 8.78 Å². The van der Waals surface area contributed by atoms with E-state index in [2.05, 4.69) is 20.8 Å². The molecule has 1 aliphatic carbocycles. The first-order valence-corrected chi connectivity index (χ1v) is 8.68. The summed E-state index contributed by atoms with van der Waals surface area (Å²) in [6, 6.07) is 7.94. The molecule has 0 saturated heterocycles. The highest BCUT2D eigenvalue weighted by Crippen LogP contribution is 2.40. The number of hydrogen-bond acceptors (Lipinski definition) is 4. The number of aromatic nitrogens is 2. The van der Waals surface area contributed by atoms with Gasteiger partial charge in [-0.05, 0) is 55.7 Å². The Bertz CT molecular complexity index is 866. The summed E-state index contributed by atoms with van der Waals surface area (Å²) in [4.78, 5) is 0. The maximum absolute atomic E-state index is 14.5. The summed E-state index contributed by atoms with van der Waals surface area (Å²) in [5.41, 5.74) is 7.10. The number of aromatic amines is 1. The third-order valence-electron chi connectivity index (χ3n) is 4.87. The second kappa shape index (κ2) is 6.25. The Morgan fingerprint density at radius 3 is 2.65 bits per heavy atom. The molecule has 1 saturated carbocycles. The number of hydrogen-bond donors (Lipinski definition) is 4. The van der Waals surface area contributed by atoms with Crippen LogP contribution in [0.3, 0.4) is 0 Å². The van der Waals surface area contributed by atoms with Crippen LogP contribution in [0.5, 0.6) is 0 Å². The minimum Gasteiger partial charge on any atom is -0.365 e. The quantitative estimate of drug-likeness (QED) is 0.663. The lowest BCUT2D eigenvalue weighted by molar-refractivity contribution is 0.331. The van der Waals surface area contributed by atoms with Crippen LogP contribution < -0.4 is 16.4 Å². The molecule has 0 radical (unpaired) electrons. The summed E-state index contributed by atoms with van der Waals surface area (Å²) < 4.78 is 27.6. The second-order valence-electron chi connectivity index (χ2n) is 6.93. The van der Waals surface area contributed by atoms with Crippen molar-refractivity contribution in [1.82, 2.24) is 20.8 Å². The van der Waals surface area contributed by atoms with Crippen molar-refractivity contribution in [3.05, 3.63) is 76.9 Å². The molecule has 7 heteroatoms. The first-order chi connectivity index (χ1) is 12.5. The third kappa shape index (κ3) is 3.10. The minimum absolute atomic E-state index is 0.116. The lowest BCUT2D eigenvalue weighted by Crippen LogP contribution is -2.54. The molecule has 0 spiro atoms. The number of allylic oxidation sites excluding steroid dienone is 2. The van der Waals surface area contributed by atoms with Crippen LogP contribution >= 0.6 is 0 Å². The van der Waals surface area contributed by atoms with Crippen LogP contribution in [0.25, 0.3) is 0 Å². The molecule has 2 heterocycles. The Morgan fingerprint density at radius 2 is 1.96 bits per heavy atom. The second-order valence-corrected chi connectivity index (χ2v) is 6.93. The summed E-state index contributed by atoms with van der Waals surface area (Å²) in [7, 11) is 0. The van der Waals surface area contributed by atoms with Crippen molar-refractivity contribution in [2.45, 2.75) is 37.4 Å². The molecule has 1 aliphatic heterocycles. The predicted octanol–water partition coefficient (Wildman–Crippen LogP) is 3.19. The average molecular weight is 357 g/mol. The largest absolute Gasteiger partial charge is 0.365 e. The Hall–Kier alpha value is -2.67. The number of nitrogens with one attached hydrogen (secondary N) is 3. The first-order valence-electron chi connectivity index (χ1n) is 8.68. The maximum atomic E-state index is 14.5. The summed E-state index contributed by atoms with van der Waals surface area (Å²) in [6.45, 7) is 1.93. The Kier molecular flexibility index (Phi) is 4.03. The summed E-state index contributed by atoms with van der Waals surface area (Å²) in [5, 5.41) is 13.4. The molecular weight excluding hydrogens is 336 g/mol. The van der Waals surface area contributed by atoms with Crippen molar-refractivity contribution in [2.75, 3.05) is 0 Å². The lowest BCUT2D eigenvalue weighted by atomic mass is 10.0. The molecule has 4 rings (SSSR count). The van der Waals surface area contributed by atoms with Gasteiger partial charge in [-0.15, -0.1) is 0 Å². The number of dihydropyridines is 1. The number of nitrogens with zero attached hydrogens (tertiary/aromatic N) is 1. The molecule has 1 fully saturated rings. The van der Waals surface area contributed by atoms with Crippen molar-refractivity contribution in [3.63, 3.8) is 0 Å². The standard InChI is InChI=1S/C19H21F2N5/c1-11(12-4-6-14(20)7-5-12)23-18-9-8-16(21)19(22,24-18)17-10-15(25-26-17)13-2-3-13/h4-11,13,23-24H,2-3,22H2,1H3,(H,25,26). The van der Waals surface area contributed by atoms with Gasteiger partial charge in [-0.1, -0.05) is 12.1 Å². The van der Waals surface area contributed by atoms with E-state index >= 15 is 0 Å². The molecule has 0 amide bonds. The van der Waals surface area contributed by atoms with E-state index in [-0.39, 0.29) is 11.9 Å². The molecule has 5 nitrogen and oxygen atoms in total. The first kappa shape index (κ1) is 16.8. The normalized spacial score (nSPS) is 23.7. The molecule has 5 N–H and O–H groups in total. The Labute approximate surface area is 150 Å². The van der Waals surface area contributed by atoms with Gasteiger partial charge in [0.1, 0.15) is 23.2 Å². The van der Waals surface area contributed by atoms with Crippen LogP contribution in [0.2, 0.25) is 0 Å². The zero-order chi connectivity index (χ0) is 18.3. The third-order valence-corrected chi connectivity index (χ3v) is 4.87. The Balaban J connectivity index is 1.52. The summed E-state index contributed by atoms with van der Waals surface area (Å²) in [6.07, 6.45) is 5.16. The zero-order valence-electron chi connectivity index (χ0n) is 14.4. The van der Waals surface area contributed by atoms with Crippen LogP contribution in [0.15, 0.2) is 54.1 Å². The monoisotopic (exact) mass is 357 g/mol. The van der Waals surface area contributed by atoms with Gasteiger partial charge in [0.25, 0.3) is 0 Å². The van der Waals surface area contributed by atoms with Crippen molar-refractivity contribution in [3.8, 4) is 0 Å². The molecule has 2 aromatic rings. The van der Waals surface area contributed by atoms with Crippen molar-refractivity contribution < 1.29 is 8.78 Å². The van der Waals surface area contributed by atoms with Gasteiger partial charge in [-0.3, -0.25) is 10.8 Å².